The number of rotatable bonds is 7. The smallest absolute Gasteiger partial charge is 0.273 e. The number of amides is 1. The lowest BCUT2D eigenvalue weighted by Gasteiger charge is -2.33. The lowest BCUT2D eigenvalue weighted by Crippen LogP contribution is -2.48. The molecule has 1 aromatic carbocycles. The summed E-state index contributed by atoms with van der Waals surface area (Å²) in [5.41, 5.74) is 1.57. The standard InChI is InChI=1S/C24H24FN7OS2/c1-2-30-10-12-31(13-11-30)23(33)19-15-34-21(27-19)16-35-24-29-28-22(17-6-5-9-26-14-17)32(24)20-8-4-3-7-18(20)25/h3-9,14-15H,2,10-13,16H2,1H3. The van der Waals surface area contributed by atoms with E-state index in [0.29, 0.717) is 28.1 Å². The fourth-order valence-corrected chi connectivity index (χ4v) is 5.66. The number of hydrogen-bond acceptors (Lipinski definition) is 8. The predicted octanol–water partition coefficient (Wildman–Crippen LogP) is 3.99. The van der Waals surface area contributed by atoms with E-state index in [1.54, 1.807) is 41.2 Å². The normalized spacial score (nSPS) is 14.4. The molecule has 8 nitrogen and oxygen atoms in total. The van der Waals surface area contributed by atoms with Crippen molar-refractivity contribution in [2.75, 3.05) is 32.7 Å². The number of likely N-dealkylation sites (N-methyl/N-ethyl adjacent to an activating group) is 1. The average Bonchev–Trinajstić information content (AvgIpc) is 3.55. The number of hydrogen-bond donors (Lipinski definition) is 0. The number of aromatic nitrogens is 5. The van der Waals surface area contributed by atoms with Crippen LogP contribution in [0.1, 0.15) is 22.4 Å². The molecule has 1 aliphatic heterocycles. The van der Waals surface area contributed by atoms with Gasteiger partial charge in [0.05, 0.1) is 11.4 Å². The quantitative estimate of drug-likeness (QED) is 0.349. The lowest BCUT2D eigenvalue weighted by molar-refractivity contribution is 0.0638. The van der Waals surface area contributed by atoms with Gasteiger partial charge in [0, 0.05) is 49.5 Å². The van der Waals surface area contributed by atoms with Crippen LogP contribution in [0, 0.1) is 5.82 Å². The first kappa shape index (κ1) is 23.6. The number of para-hydroxylation sites is 1. The van der Waals surface area contributed by atoms with Gasteiger partial charge in [0.2, 0.25) is 0 Å². The van der Waals surface area contributed by atoms with Crippen LogP contribution in [-0.2, 0) is 5.75 Å². The third-order valence-corrected chi connectivity index (χ3v) is 7.82. The van der Waals surface area contributed by atoms with Crippen molar-refractivity contribution in [2.45, 2.75) is 17.8 Å². The molecule has 1 aliphatic rings. The highest BCUT2D eigenvalue weighted by Crippen LogP contribution is 2.31. The summed E-state index contributed by atoms with van der Waals surface area (Å²) in [6.07, 6.45) is 3.35. The maximum Gasteiger partial charge on any atom is 0.273 e. The minimum atomic E-state index is -0.371. The van der Waals surface area contributed by atoms with Crippen LogP contribution < -0.4 is 0 Å². The van der Waals surface area contributed by atoms with Gasteiger partial charge >= 0.3 is 0 Å². The zero-order chi connectivity index (χ0) is 24.2. The summed E-state index contributed by atoms with van der Waals surface area (Å²) in [7, 11) is 0. The highest BCUT2D eigenvalue weighted by molar-refractivity contribution is 7.98. The monoisotopic (exact) mass is 509 g/mol. The van der Waals surface area contributed by atoms with E-state index >= 15 is 0 Å². The van der Waals surface area contributed by atoms with Crippen molar-refractivity contribution in [3.63, 3.8) is 0 Å². The first-order chi connectivity index (χ1) is 17.1. The van der Waals surface area contributed by atoms with Crippen molar-refractivity contribution in [1.29, 1.82) is 0 Å². The fourth-order valence-electron chi connectivity index (χ4n) is 3.93. The van der Waals surface area contributed by atoms with Gasteiger partial charge in [-0.05, 0) is 30.8 Å². The summed E-state index contributed by atoms with van der Waals surface area (Å²) in [5, 5.41) is 11.8. The summed E-state index contributed by atoms with van der Waals surface area (Å²) in [6, 6.07) is 10.2. The summed E-state index contributed by atoms with van der Waals surface area (Å²) < 4.78 is 16.4. The lowest BCUT2D eigenvalue weighted by atomic mass is 10.2. The van der Waals surface area contributed by atoms with Crippen molar-refractivity contribution in [2.24, 2.45) is 0 Å². The maximum atomic E-state index is 14.8. The van der Waals surface area contributed by atoms with Crippen molar-refractivity contribution in [1.82, 2.24) is 34.5 Å². The number of piperazine rings is 1. The van der Waals surface area contributed by atoms with Crippen LogP contribution in [0.25, 0.3) is 17.1 Å². The third kappa shape index (κ3) is 5.12. The van der Waals surface area contributed by atoms with Gasteiger partial charge in [-0.1, -0.05) is 30.8 Å². The van der Waals surface area contributed by atoms with Crippen LogP contribution in [-0.4, -0.2) is 73.2 Å². The Morgan fingerprint density at radius 1 is 1.11 bits per heavy atom. The van der Waals surface area contributed by atoms with E-state index in [1.807, 2.05) is 16.3 Å². The molecule has 0 N–H and O–H groups in total. The largest absolute Gasteiger partial charge is 0.335 e. The Labute approximate surface area is 210 Å². The van der Waals surface area contributed by atoms with E-state index in [9.17, 15) is 9.18 Å². The van der Waals surface area contributed by atoms with Crippen LogP contribution in [0.15, 0.2) is 59.3 Å². The molecule has 0 bridgehead atoms. The second-order valence-corrected chi connectivity index (χ2v) is 9.86. The molecule has 0 unspecified atom stereocenters. The van der Waals surface area contributed by atoms with E-state index in [4.69, 9.17) is 0 Å². The number of benzene rings is 1. The molecule has 35 heavy (non-hydrogen) atoms. The van der Waals surface area contributed by atoms with E-state index in [0.717, 1.165) is 43.3 Å². The Morgan fingerprint density at radius 2 is 1.94 bits per heavy atom. The number of pyridine rings is 1. The minimum absolute atomic E-state index is 0.0263. The van der Waals surface area contributed by atoms with Gasteiger partial charge in [0.25, 0.3) is 5.91 Å². The topological polar surface area (TPSA) is 80.0 Å². The zero-order valence-corrected chi connectivity index (χ0v) is 20.8. The number of nitrogens with zero attached hydrogens (tertiary/aromatic N) is 7. The van der Waals surface area contributed by atoms with Gasteiger partial charge < -0.3 is 9.80 Å². The highest BCUT2D eigenvalue weighted by atomic mass is 32.2. The molecule has 1 fully saturated rings. The van der Waals surface area contributed by atoms with Gasteiger partial charge in [-0.25, -0.2) is 9.37 Å². The number of carbonyl (C=O) groups excluding carboxylic acids is 1. The number of thiazole rings is 1. The summed E-state index contributed by atoms with van der Waals surface area (Å²) in [5.74, 6) is 0.597. The second kappa shape index (κ2) is 10.6. The number of thioether (sulfide) groups is 1. The van der Waals surface area contributed by atoms with Crippen molar-refractivity contribution >= 4 is 29.0 Å². The van der Waals surface area contributed by atoms with E-state index in [-0.39, 0.29) is 11.7 Å². The Balaban J connectivity index is 1.35. The van der Waals surface area contributed by atoms with Gasteiger partial charge in [-0.2, -0.15) is 0 Å². The molecule has 0 aliphatic carbocycles. The van der Waals surface area contributed by atoms with Crippen LogP contribution in [0.3, 0.4) is 0 Å². The van der Waals surface area contributed by atoms with E-state index < -0.39 is 0 Å². The molecular weight excluding hydrogens is 485 g/mol. The highest BCUT2D eigenvalue weighted by Gasteiger charge is 2.24. The zero-order valence-electron chi connectivity index (χ0n) is 19.2. The van der Waals surface area contributed by atoms with Crippen molar-refractivity contribution in [3.05, 3.63) is 70.7 Å². The average molecular weight is 510 g/mol. The summed E-state index contributed by atoms with van der Waals surface area (Å²) in [4.78, 5) is 25.8. The molecule has 11 heteroatoms. The Morgan fingerprint density at radius 3 is 2.69 bits per heavy atom. The van der Waals surface area contributed by atoms with Crippen LogP contribution in [0.4, 0.5) is 4.39 Å². The van der Waals surface area contributed by atoms with Crippen LogP contribution in [0.2, 0.25) is 0 Å². The molecule has 1 saturated heterocycles. The van der Waals surface area contributed by atoms with Crippen molar-refractivity contribution in [3.8, 4) is 17.1 Å². The molecule has 5 rings (SSSR count). The summed E-state index contributed by atoms with van der Waals surface area (Å²) in [6.45, 7) is 6.35. The molecule has 0 spiro atoms. The van der Waals surface area contributed by atoms with Crippen molar-refractivity contribution < 1.29 is 9.18 Å². The van der Waals surface area contributed by atoms with E-state index in [2.05, 4.69) is 32.0 Å². The number of halogens is 1. The van der Waals surface area contributed by atoms with Crippen LogP contribution >= 0.6 is 23.1 Å². The molecule has 0 saturated carbocycles. The fraction of sp³-hybridized carbons (Fsp3) is 0.292. The van der Waals surface area contributed by atoms with Gasteiger partial charge in [0.15, 0.2) is 11.0 Å². The summed E-state index contributed by atoms with van der Waals surface area (Å²) >= 11 is 2.84. The van der Waals surface area contributed by atoms with Crippen LogP contribution in [0.5, 0.6) is 0 Å². The molecule has 4 heterocycles. The maximum absolute atomic E-state index is 14.8. The molecule has 0 atom stereocenters. The molecule has 3 aromatic heterocycles. The predicted molar refractivity (Wildman–Crippen MR) is 134 cm³/mol. The first-order valence-corrected chi connectivity index (χ1v) is 13.2. The molecule has 1 amide bonds. The van der Waals surface area contributed by atoms with Gasteiger partial charge in [0.1, 0.15) is 16.5 Å². The molecule has 0 radical (unpaired) electrons. The Bertz CT molecular complexity index is 1300. The Hall–Kier alpha value is -3.15. The number of carbonyl (C=O) groups is 1. The Kier molecular flexibility index (Phi) is 7.16. The molecular formula is C24H24FN7OS2. The third-order valence-electron chi connectivity index (χ3n) is 5.85. The van der Waals surface area contributed by atoms with Gasteiger partial charge in [-0.3, -0.25) is 14.3 Å². The van der Waals surface area contributed by atoms with Gasteiger partial charge in [-0.15, -0.1) is 21.5 Å². The SMILES string of the molecule is CCN1CCN(C(=O)c2csc(CSc3nnc(-c4cccnc4)n3-c3ccccc3F)n2)CC1. The first-order valence-electron chi connectivity index (χ1n) is 11.3. The molecule has 180 valence electrons. The van der Waals surface area contributed by atoms with E-state index in [1.165, 1.54) is 29.2 Å². The second-order valence-electron chi connectivity index (χ2n) is 7.98. The molecule has 4 aromatic rings. The minimum Gasteiger partial charge on any atom is -0.335 e.